The molecule has 17 nitrogen and oxygen atoms in total. The largest absolute Gasteiger partial charge is 0.463 e. The number of hydrogen-bond acceptors (Lipinski definition) is 18. The number of hydrogen-bond donors (Lipinski definition) is 0. The van der Waals surface area contributed by atoms with Crippen molar-refractivity contribution in [2.75, 3.05) is 13.2 Å². The zero-order valence-corrected chi connectivity index (χ0v) is 29.2. The highest BCUT2D eigenvalue weighted by Gasteiger charge is 2.57. The van der Waals surface area contributed by atoms with Crippen LogP contribution in [-0.2, 0) is 80.9 Å². The Kier molecular flexibility index (Phi) is 15.0. The molecule has 18 heteroatoms. The van der Waals surface area contributed by atoms with Gasteiger partial charge in [0.05, 0.1) is 0 Å². The summed E-state index contributed by atoms with van der Waals surface area (Å²) < 4.78 is 56.8. The first-order valence-corrected chi connectivity index (χ1v) is 16.2. The number of carbonyl (C=O) groups is 7. The molecule has 0 radical (unpaired) electrons. The van der Waals surface area contributed by atoms with E-state index in [2.05, 4.69) is 0 Å². The average Bonchev–Trinajstić information content (AvgIpc) is 3.00. The van der Waals surface area contributed by atoms with E-state index in [1.165, 1.54) is 0 Å². The summed E-state index contributed by atoms with van der Waals surface area (Å²) in [4.78, 5) is 86.2. The molecule has 1 aromatic rings. The summed E-state index contributed by atoms with van der Waals surface area (Å²) in [6.45, 7) is 6.66. The molecule has 0 aromatic heterocycles. The molecule has 2 aliphatic rings. The van der Waals surface area contributed by atoms with Gasteiger partial charge >= 0.3 is 41.8 Å². The van der Waals surface area contributed by atoms with Crippen LogP contribution in [0.2, 0.25) is 0 Å². The second-order valence-corrected chi connectivity index (χ2v) is 12.3. The van der Waals surface area contributed by atoms with Crippen LogP contribution < -0.4 is 0 Å². The molecule has 0 aliphatic carbocycles. The molecule has 0 spiro atoms. The molecule has 50 heavy (non-hydrogen) atoms. The van der Waals surface area contributed by atoms with Gasteiger partial charge in [-0.15, -0.1) is 0 Å². The summed E-state index contributed by atoms with van der Waals surface area (Å²) in [6.07, 6.45) is -13.4. The first kappa shape index (κ1) is 40.2. The van der Waals surface area contributed by atoms with E-state index in [9.17, 15) is 33.6 Å². The highest BCUT2D eigenvalue weighted by Crippen LogP contribution is 2.39. The summed E-state index contributed by atoms with van der Waals surface area (Å²) in [5.74, 6) is -5.63. The number of thioether (sulfide) groups is 1. The number of benzene rings is 1. The van der Waals surface area contributed by atoms with Crippen molar-refractivity contribution in [1.29, 1.82) is 0 Å². The quantitative estimate of drug-likeness (QED) is 0.207. The van der Waals surface area contributed by atoms with Crippen molar-refractivity contribution < 1.29 is 80.9 Å². The van der Waals surface area contributed by atoms with E-state index in [-0.39, 0.29) is 0 Å². The topological polar surface area (TPSA) is 212 Å². The van der Waals surface area contributed by atoms with Crippen LogP contribution >= 0.6 is 11.8 Å². The van der Waals surface area contributed by atoms with E-state index >= 15 is 0 Å². The maximum Gasteiger partial charge on any atom is 0.303 e. The van der Waals surface area contributed by atoms with E-state index in [0.29, 0.717) is 4.90 Å². The summed E-state index contributed by atoms with van der Waals surface area (Å²) in [6, 6.07) is 8.85. The molecule has 1 aromatic carbocycles. The number of rotatable bonds is 13. The fourth-order valence-electron chi connectivity index (χ4n) is 5.20. The SMILES string of the molecule is CC(=O)OC[C@H]1O[C@@H](O[C@H]2[C@H](OC(C)=O)[C@@H](OC(C)=O)[C@H](Sc3ccccc3)O[C@@H]2COC(C)=O)[C@H](OC(C)=O)[C@@H](OC(C)=O)[C@H]1OC(C)=O. The summed E-state index contributed by atoms with van der Waals surface area (Å²) in [5.41, 5.74) is -1.05. The molecule has 276 valence electrons. The van der Waals surface area contributed by atoms with Crippen LogP contribution in [0, 0.1) is 0 Å². The second kappa shape index (κ2) is 18.7. The molecule has 10 atom stereocenters. The Labute approximate surface area is 291 Å². The van der Waals surface area contributed by atoms with Crippen LogP contribution in [0.5, 0.6) is 0 Å². The smallest absolute Gasteiger partial charge is 0.303 e. The number of ether oxygens (including phenoxy) is 10. The van der Waals surface area contributed by atoms with Gasteiger partial charge in [0, 0.05) is 53.4 Å². The minimum absolute atomic E-state index is 0.471. The van der Waals surface area contributed by atoms with E-state index in [1.807, 2.05) is 0 Å². The van der Waals surface area contributed by atoms with Crippen LogP contribution in [0.25, 0.3) is 0 Å². The van der Waals surface area contributed by atoms with Crippen molar-refractivity contribution >= 4 is 53.5 Å². The van der Waals surface area contributed by atoms with Gasteiger partial charge in [-0.2, -0.15) is 0 Å². The lowest BCUT2D eigenvalue weighted by atomic mass is 9.96. The Bertz CT molecular complexity index is 1390. The standard InChI is InChI=1S/C32H40O17S/c1-15(33)40-13-23-25(42-17(3)35)27(43-18(4)36)29(45-20(6)38)31(47-23)49-26-24(14-41-16(2)34)48-32(50-22-11-9-8-10-12-22)30(46-21(7)39)28(26)44-19(5)37/h8-12,23-32H,13-14H2,1-7H3/t23-,24-,25+,26-,27+,28+,29-,30-,31+,32+/m1/s1. The Morgan fingerprint density at radius 1 is 0.520 bits per heavy atom. The lowest BCUT2D eigenvalue weighted by Gasteiger charge is -2.48. The van der Waals surface area contributed by atoms with E-state index < -0.39 is 116 Å². The summed E-state index contributed by atoms with van der Waals surface area (Å²) in [7, 11) is 0. The minimum Gasteiger partial charge on any atom is -0.463 e. The van der Waals surface area contributed by atoms with Gasteiger partial charge < -0.3 is 47.4 Å². The molecule has 0 N–H and O–H groups in total. The van der Waals surface area contributed by atoms with Crippen LogP contribution in [0.15, 0.2) is 35.2 Å². The van der Waals surface area contributed by atoms with Crippen LogP contribution in [-0.4, -0.2) is 116 Å². The average molecular weight is 729 g/mol. The van der Waals surface area contributed by atoms with Crippen LogP contribution in [0.4, 0.5) is 0 Å². The molecule has 2 fully saturated rings. The third-order valence-electron chi connectivity index (χ3n) is 6.88. The van der Waals surface area contributed by atoms with Crippen molar-refractivity contribution in [3.63, 3.8) is 0 Å². The molecular formula is C32H40O17S. The Balaban J connectivity index is 2.16. The van der Waals surface area contributed by atoms with Gasteiger partial charge in [-0.1, -0.05) is 30.0 Å². The maximum atomic E-state index is 12.5. The van der Waals surface area contributed by atoms with Gasteiger partial charge in [0.2, 0.25) is 0 Å². The van der Waals surface area contributed by atoms with Crippen molar-refractivity contribution in [1.82, 2.24) is 0 Å². The molecule has 0 unspecified atom stereocenters. The predicted molar refractivity (Wildman–Crippen MR) is 166 cm³/mol. The van der Waals surface area contributed by atoms with E-state index in [1.54, 1.807) is 30.3 Å². The lowest BCUT2D eigenvalue weighted by molar-refractivity contribution is -0.341. The van der Waals surface area contributed by atoms with Gasteiger partial charge in [0.25, 0.3) is 0 Å². The van der Waals surface area contributed by atoms with Crippen molar-refractivity contribution in [3.8, 4) is 0 Å². The third kappa shape index (κ3) is 12.0. The molecule has 0 saturated carbocycles. The number of esters is 7. The summed E-state index contributed by atoms with van der Waals surface area (Å²) >= 11 is 1.12. The summed E-state index contributed by atoms with van der Waals surface area (Å²) in [5, 5.41) is 0. The van der Waals surface area contributed by atoms with Gasteiger partial charge in [-0.3, -0.25) is 33.6 Å². The zero-order chi connectivity index (χ0) is 37.1. The predicted octanol–water partition coefficient (Wildman–Crippen LogP) is 1.40. The Morgan fingerprint density at radius 2 is 0.940 bits per heavy atom. The highest BCUT2D eigenvalue weighted by molar-refractivity contribution is 7.99. The monoisotopic (exact) mass is 728 g/mol. The van der Waals surface area contributed by atoms with Gasteiger partial charge in [-0.05, 0) is 12.1 Å². The third-order valence-corrected chi connectivity index (χ3v) is 8.04. The van der Waals surface area contributed by atoms with E-state index in [4.69, 9.17) is 47.4 Å². The van der Waals surface area contributed by atoms with Crippen molar-refractivity contribution in [3.05, 3.63) is 30.3 Å². The highest BCUT2D eigenvalue weighted by atomic mass is 32.2. The molecule has 0 amide bonds. The molecule has 2 saturated heterocycles. The Morgan fingerprint density at radius 3 is 1.42 bits per heavy atom. The molecule has 0 bridgehead atoms. The fraction of sp³-hybridized carbons (Fsp3) is 0.594. The maximum absolute atomic E-state index is 12.5. The van der Waals surface area contributed by atoms with Gasteiger partial charge in [0.1, 0.15) is 37.0 Å². The van der Waals surface area contributed by atoms with Crippen molar-refractivity contribution in [2.45, 2.75) is 114 Å². The lowest BCUT2D eigenvalue weighted by Crippen LogP contribution is -2.66. The molecule has 2 heterocycles. The van der Waals surface area contributed by atoms with Gasteiger partial charge in [-0.25, -0.2) is 0 Å². The second-order valence-electron chi connectivity index (χ2n) is 11.1. The Hall–Kier alpha value is -4.26. The number of carbonyl (C=O) groups excluding carboxylic acids is 7. The van der Waals surface area contributed by atoms with Crippen LogP contribution in [0.1, 0.15) is 48.5 Å². The molecule has 3 rings (SSSR count). The van der Waals surface area contributed by atoms with Crippen molar-refractivity contribution in [2.24, 2.45) is 0 Å². The van der Waals surface area contributed by atoms with Crippen LogP contribution in [0.3, 0.4) is 0 Å². The minimum atomic E-state index is -1.75. The first-order valence-electron chi connectivity index (χ1n) is 15.4. The fourth-order valence-corrected chi connectivity index (χ4v) is 6.33. The zero-order valence-electron chi connectivity index (χ0n) is 28.4. The van der Waals surface area contributed by atoms with Gasteiger partial charge in [0.15, 0.2) is 36.8 Å². The first-order chi connectivity index (χ1) is 23.5. The molecular weight excluding hydrogens is 688 g/mol. The van der Waals surface area contributed by atoms with E-state index in [0.717, 1.165) is 60.2 Å². The molecule has 2 aliphatic heterocycles. The normalized spacial score (nSPS) is 29.0.